The molecule has 0 bridgehead atoms. The molecule has 1 fully saturated rings. The molecule has 0 spiro atoms. The van der Waals surface area contributed by atoms with Crippen molar-refractivity contribution in [1.82, 2.24) is 9.03 Å². The quantitative estimate of drug-likeness (QED) is 0.293. The molecular weight excluding hydrogens is 256 g/mol. The molecule has 18 heavy (non-hydrogen) atoms. The van der Waals surface area contributed by atoms with Crippen molar-refractivity contribution in [2.45, 2.75) is 39.2 Å². The topological polar surface area (TPSA) is 108 Å². The van der Waals surface area contributed by atoms with Crippen molar-refractivity contribution in [2.75, 3.05) is 13.1 Å². The van der Waals surface area contributed by atoms with Gasteiger partial charge in [0.25, 0.3) is 10.2 Å². The van der Waals surface area contributed by atoms with Crippen molar-refractivity contribution in [2.24, 2.45) is 16.8 Å². The fourth-order valence-corrected chi connectivity index (χ4v) is 3.63. The summed E-state index contributed by atoms with van der Waals surface area (Å²) in [6.07, 6.45) is 1.89. The van der Waals surface area contributed by atoms with Crippen LogP contribution in [0.5, 0.6) is 0 Å². The van der Waals surface area contributed by atoms with Crippen LogP contribution in [0.2, 0.25) is 0 Å². The van der Waals surface area contributed by atoms with Crippen LogP contribution < -0.4 is 10.5 Å². The normalized spacial score (nSPS) is 24.2. The van der Waals surface area contributed by atoms with Crippen LogP contribution in [0, 0.1) is 5.92 Å². The molecular formula is C10H22N4O3S. The molecule has 0 amide bonds. The molecule has 1 atom stereocenters. The molecule has 0 aromatic carbocycles. The molecule has 1 rings (SSSR count). The summed E-state index contributed by atoms with van der Waals surface area (Å²) >= 11 is 0. The summed E-state index contributed by atoms with van der Waals surface area (Å²) in [6.45, 7) is 6.13. The first-order valence-corrected chi connectivity index (χ1v) is 7.40. The highest BCUT2D eigenvalue weighted by atomic mass is 32.2. The van der Waals surface area contributed by atoms with Crippen molar-refractivity contribution >= 4 is 16.0 Å². The van der Waals surface area contributed by atoms with E-state index in [2.05, 4.69) is 9.88 Å². The number of hydrogen-bond donors (Lipinski definition) is 3. The lowest BCUT2D eigenvalue weighted by Gasteiger charge is -2.33. The average Bonchev–Trinajstić information content (AvgIpc) is 2.26. The molecule has 1 aliphatic heterocycles. The van der Waals surface area contributed by atoms with E-state index in [0.717, 1.165) is 12.8 Å². The monoisotopic (exact) mass is 278 g/mol. The second kappa shape index (κ2) is 5.41. The number of rotatable bonds is 4. The van der Waals surface area contributed by atoms with Gasteiger partial charge in [-0.15, -0.1) is 0 Å². The van der Waals surface area contributed by atoms with Gasteiger partial charge >= 0.3 is 0 Å². The fraction of sp³-hybridized carbons (Fsp3) is 0.900. The van der Waals surface area contributed by atoms with Gasteiger partial charge in [0.2, 0.25) is 0 Å². The second-order valence-electron chi connectivity index (χ2n) is 5.32. The number of nitrogens with one attached hydrogen (secondary N) is 1. The molecule has 106 valence electrons. The SMILES string of the molecule is CC1CCCN(S(=O)(=O)NC(C)(C)/C(N)=N/O)C1. The maximum Gasteiger partial charge on any atom is 0.280 e. The van der Waals surface area contributed by atoms with E-state index in [0.29, 0.717) is 19.0 Å². The fourth-order valence-electron chi connectivity index (χ4n) is 1.93. The van der Waals surface area contributed by atoms with Crippen molar-refractivity contribution in [3.8, 4) is 0 Å². The van der Waals surface area contributed by atoms with Gasteiger partial charge in [0.15, 0.2) is 5.84 Å². The molecule has 1 heterocycles. The van der Waals surface area contributed by atoms with E-state index in [4.69, 9.17) is 10.9 Å². The lowest BCUT2D eigenvalue weighted by Crippen LogP contribution is -2.57. The van der Waals surface area contributed by atoms with Crippen LogP contribution in [0.1, 0.15) is 33.6 Å². The Morgan fingerprint density at radius 2 is 2.17 bits per heavy atom. The Morgan fingerprint density at radius 1 is 1.56 bits per heavy atom. The van der Waals surface area contributed by atoms with E-state index in [1.807, 2.05) is 6.92 Å². The Morgan fingerprint density at radius 3 is 2.67 bits per heavy atom. The average molecular weight is 278 g/mol. The zero-order valence-electron chi connectivity index (χ0n) is 11.0. The van der Waals surface area contributed by atoms with Crippen LogP contribution in [0.3, 0.4) is 0 Å². The first-order chi connectivity index (χ1) is 8.19. The second-order valence-corrected chi connectivity index (χ2v) is 6.99. The predicted octanol–water partition coefficient (Wildman–Crippen LogP) is 0.0777. The first-order valence-electron chi connectivity index (χ1n) is 5.96. The third-order valence-electron chi connectivity index (χ3n) is 3.09. The smallest absolute Gasteiger partial charge is 0.280 e. The highest BCUT2D eigenvalue weighted by molar-refractivity contribution is 7.87. The van der Waals surface area contributed by atoms with Crippen molar-refractivity contribution < 1.29 is 13.6 Å². The zero-order valence-corrected chi connectivity index (χ0v) is 11.9. The van der Waals surface area contributed by atoms with Gasteiger partial charge in [-0.1, -0.05) is 12.1 Å². The lowest BCUT2D eigenvalue weighted by atomic mass is 10.0. The van der Waals surface area contributed by atoms with E-state index in [-0.39, 0.29) is 5.84 Å². The van der Waals surface area contributed by atoms with E-state index >= 15 is 0 Å². The summed E-state index contributed by atoms with van der Waals surface area (Å²) in [6, 6.07) is 0. The number of nitrogens with zero attached hydrogens (tertiary/aromatic N) is 2. The third-order valence-corrected chi connectivity index (χ3v) is 4.87. The van der Waals surface area contributed by atoms with Crippen LogP contribution in [0.15, 0.2) is 5.16 Å². The van der Waals surface area contributed by atoms with E-state index in [1.54, 1.807) is 13.8 Å². The number of oxime groups is 1. The molecule has 1 unspecified atom stereocenters. The highest BCUT2D eigenvalue weighted by Gasteiger charge is 2.34. The lowest BCUT2D eigenvalue weighted by molar-refractivity contribution is 0.275. The predicted molar refractivity (Wildman–Crippen MR) is 69.5 cm³/mol. The summed E-state index contributed by atoms with van der Waals surface area (Å²) in [5.41, 5.74) is 4.35. The number of amidine groups is 1. The van der Waals surface area contributed by atoms with E-state index in [9.17, 15) is 8.42 Å². The number of piperidine rings is 1. The Bertz CT molecular complexity index is 419. The molecule has 0 aliphatic carbocycles. The standard InChI is InChI=1S/C10H22N4O3S/c1-8-5-4-6-14(7-8)18(16,17)13-10(2,3)9(11)12-15/h8,13,15H,4-7H2,1-3H3,(H2,11,12). The van der Waals surface area contributed by atoms with Gasteiger partial charge in [-0.3, -0.25) is 0 Å². The minimum atomic E-state index is -3.62. The largest absolute Gasteiger partial charge is 0.409 e. The van der Waals surface area contributed by atoms with Gasteiger partial charge in [-0.2, -0.15) is 17.4 Å². The minimum absolute atomic E-state index is 0.170. The van der Waals surface area contributed by atoms with Gasteiger partial charge in [0.1, 0.15) is 0 Å². The van der Waals surface area contributed by atoms with Gasteiger partial charge in [0.05, 0.1) is 5.54 Å². The summed E-state index contributed by atoms with van der Waals surface area (Å²) in [7, 11) is -3.62. The molecule has 0 aromatic rings. The van der Waals surface area contributed by atoms with E-state index < -0.39 is 15.7 Å². The summed E-state index contributed by atoms with van der Waals surface area (Å²) in [5, 5.41) is 11.5. The molecule has 7 nitrogen and oxygen atoms in total. The molecule has 0 saturated carbocycles. The maximum atomic E-state index is 12.2. The van der Waals surface area contributed by atoms with Crippen LogP contribution in [0.4, 0.5) is 0 Å². The molecule has 0 aromatic heterocycles. The first kappa shape index (κ1) is 15.2. The van der Waals surface area contributed by atoms with Crippen molar-refractivity contribution in [3.63, 3.8) is 0 Å². The van der Waals surface area contributed by atoms with Crippen LogP contribution in [0.25, 0.3) is 0 Å². The van der Waals surface area contributed by atoms with Crippen LogP contribution >= 0.6 is 0 Å². The molecule has 1 aliphatic rings. The third kappa shape index (κ3) is 3.56. The zero-order chi connectivity index (χ0) is 14.0. The van der Waals surface area contributed by atoms with Crippen LogP contribution in [-0.2, 0) is 10.2 Å². The highest BCUT2D eigenvalue weighted by Crippen LogP contribution is 2.19. The Labute approximate surface area is 108 Å². The maximum absolute atomic E-state index is 12.2. The van der Waals surface area contributed by atoms with Crippen LogP contribution in [-0.4, -0.2) is 42.4 Å². The van der Waals surface area contributed by atoms with Gasteiger partial charge in [0, 0.05) is 13.1 Å². The van der Waals surface area contributed by atoms with Gasteiger partial charge in [-0.25, -0.2) is 0 Å². The van der Waals surface area contributed by atoms with Crippen molar-refractivity contribution in [1.29, 1.82) is 0 Å². The molecule has 4 N–H and O–H groups in total. The van der Waals surface area contributed by atoms with E-state index in [1.165, 1.54) is 4.31 Å². The molecule has 1 saturated heterocycles. The number of nitrogens with two attached hydrogens (primary N) is 1. The molecule has 0 radical (unpaired) electrons. The Balaban J connectivity index is 2.82. The summed E-state index contributed by atoms with van der Waals surface area (Å²) < 4.78 is 28.2. The Hall–Kier alpha value is -0.860. The molecule has 8 heteroatoms. The Kier molecular flexibility index (Phi) is 4.57. The summed E-state index contributed by atoms with van der Waals surface area (Å²) in [5.74, 6) is 0.179. The van der Waals surface area contributed by atoms with Gasteiger partial charge in [-0.05, 0) is 32.6 Å². The van der Waals surface area contributed by atoms with Gasteiger partial charge < -0.3 is 10.9 Å². The minimum Gasteiger partial charge on any atom is -0.409 e. The van der Waals surface area contributed by atoms with Crippen molar-refractivity contribution in [3.05, 3.63) is 0 Å². The number of hydrogen-bond acceptors (Lipinski definition) is 4. The summed E-state index contributed by atoms with van der Waals surface area (Å²) in [4.78, 5) is 0.